The van der Waals surface area contributed by atoms with E-state index in [0.29, 0.717) is 0 Å². The molecule has 0 aromatic rings. The van der Waals surface area contributed by atoms with E-state index >= 15 is 0 Å². The van der Waals surface area contributed by atoms with Crippen molar-refractivity contribution in [1.29, 1.82) is 0 Å². The van der Waals surface area contributed by atoms with Crippen LogP contribution in [0.25, 0.3) is 0 Å². The molecular formula is C10H16O6. The second-order valence-electron chi connectivity index (χ2n) is 3.31. The Balaban J connectivity index is 4.51. The van der Waals surface area contributed by atoms with E-state index in [2.05, 4.69) is 4.74 Å². The highest BCUT2D eigenvalue weighted by Crippen LogP contribution is 2.09. The van der Waals surface area contributed by atoms with Crippen molar-refractivity contribution in [2.75, 3.05) is 13.7 Å². The number of carbonyl (C=O) groups excluding carboxylic acids is 3. The largest absolute Gasteiger partial charge is 0.463 e. The number of carbonyl (C=O) groups is 3. The third-order valence-corrected chi connectivity index (χ3v) is 1.71. The number of ether oxygens (including phenoxy) is 3. The quantitative estimate of drug-likeness (QED) is 0.394. The van der Waals surface area contributed by atoms with Gasteiger partial charge in [0.25, 0.3) is 0 Å². The lowest BCUT2D eigenvalue weighted by atomic mass is 10.1. The first-order valence-corrected chi connectivity index (χ1v) is 4.89. The van der Waals surface area contributed by atoms with Crippen LogP contribution in [0.3, 0.4) is 0 Å². The van der Waals surface area contributed by atoms with Crippen molar-refractivity contribution in [3.05, 3.63) is 0 Å². The van der Waals surface area contributed by atoms with E-state index in [-0.39, 0.29) is 12.5 Å². The zero-order valence-corrected chi connectivity index (χ0v) is 9.81. The van der Waals surface area contributed by atoms with Crippen molar-refractivity contribution in [2.24, 2.45) is 5.92 Å². The molecule has 16 heavy (non-hydrogen) atoms. The van der Waals surface area contributed by atoms with E-state index in [0.717, 1.165) is 7.11 Å². The Hall–Kier alpha value is -1.59. The summed E-state index contributed by atoms with van der Waals surface area (Å²) in [5.74, 6) is -3.30. The molecule has 6 nitrogen and oxygen atoms in total. The van der Waals surface area contributed by atoms with Crippen LogP contribution >= 0.6 is 0 Å². The molecule has 1 atom stereocenters. The van der Waals surface area contributed by atoms with Gasteiger partial charge in [0.1, 0.15) is 0 Å². The first-order chi connectivity index (χ1) is 7.43. The molecule has 0 heterocycles. The summed E-state index contributed by atoms with van der Waals surface area (Å²) in [5.41, 5.74) is 0. The minimum Gasteiger partial charge on any atom is -0.463 e. The lowest BCUT2D eigenvalue weighted by Gasteiger charge is -2.18. The zero-order valence-electron chi connectivity index (χ0n) is 9.81. The summed E-state index contributed by atoms with van der Waals surface area (Å²) in [6.45, 7) is 5.16. The predicted octanol–water partition coefficient (Wildman–Crippen LogP) is 0.290. The SMILES string of the molecule is CCOC(=O)C(OC(=O)C(=O)OC)C(C)C. The Morgan fingerprint density at radius 3 is 2.06 bits per heavy atom. The van der Waals surface area contributed by atoms with Crippen LogP contribution in [0.4, 0.5) is 0 Å². The summed E-state index contributed by atoms with van der Waals surface area (Å²) in [5, 5.41) is 0. The molecule has 0 saturated heterocycles. The maximum Gasteiger partial charge on any atom is 0.418 e. The minimum atomic E-state index is -1.20. The first kappa shape index (κ1) is 14.4. The van der Waals surface area contributed by atoms with Crippen LogP contribution in [0, 0.1) is 5.92 Å². The highest BCUT2D eigenvalue weighted by molar-refractivity contribution is 6.29. The smallest absolute Gasteiger partial charge is 0.418 e. The maximum absolute atomic E-state index is 11.4. The lowest BCUT2D eigenvalue weighted by molar-refractivity contribution is -0.178. The van der Waals surface area contributed by atoms with Gasteiger partial charge in [-0.2, -0.15) is 0 Å². The van der Waals surface area contributed by atoms with Crippen molar-refractivity contribution in [1.82, 2.24) is 0 Å². The Morgan fingerprint density at radius 2 is 1.69 bits per heavy atom. The topological polar surface area (TPSA) is 78.9 Å². The molecule has 0 aliphatic carbocycles. The highest BCUT2D eigenvalue weighted by atomic mass is 16.6. The van der Waals surface area contributed by atoms with Crippen LogP contribution in [0.15, 0.2) is 0 Å². The van der Waals surface area contributed by atoms with E-state index in [1.807, 2.05) is 0 Å². The van der Waals surface area contributed by atoms with Crippen molar-refractivity contribution in [2.45, 2.75) is 26.9 Å². The third-order valence-electron chi connectivity index (χ3n) is 1.71. The molecule has 1 unspecified atom stereocenters. The minimum absolute atomic E-state index is 0.178. The molecule has 0 aromatic carbocycles. The Kier molecular flexibility index (Phi) is 6.14. The van der Waals surface area contributed by atoms with E-state index < -0.39 is 24.0 Å². The molecule has 0 radical (unpaired) electrons. The van der Waals surface area contributed by atoms with Gasteiger partial charge in [-0.3, -0.25) is 0 Å². The van der Waals surface area contributed by atoms with Crippen molar-refractivity contribution in [3.63, 3.8) is 0 Å². The molecular weight excluding hydrogens is 216 g/mol. The lowest BCUT2D eigenvalue weighted by Crippen LogP contribution is -2.36. The fourth-order valence-electron chi connectivity index (χ4n) is 0.928. The zero-order chi connectivity index (χ0) is 12.7. The van der Waals surface area contributed by atoms with Gasteiger partial charge >= 0.3 is 17.9 Å². The van der Waals surface area contributed by atoms with Crippen LogP contribution in [0.1, 0.15) is 20.8 Å². The van der Waals surface area contributed by atoms with Gasteiger partial charge in [0, 0.05) is 5.92 Å². The van der Waals surface area contributed by atoms with Gasteiger partial charge in [0.2, 0.25) is 6.10 Å². The summed E-state index contributed by atoms with van der Waals surface area (Å²) >= 11 is 0. The van der Waals surface area contributed by atoms with Gasteiger partial charge in [-0.1, -0.05) is 13.8 Å². The van der Waals surface area contributed by atoms with Gasteiger partial charge in [-0.25, -0.2) is 14.4 Å². The summed E-state index contributed by atoms with van der Waals surface area (Å²) < 4.78 is 13.6. The van der Waals surface area contributed by atoms with Gasteiger partial charge in [-0.05, 0) is 6.92 Å². The highest BCUT2D eigenvalue weighted by Gasteiger charge is 2.30. The fraction of sp³-hybridized carbons (Fsp3) is 0.700. The standard InChI is InChI=1S/C10H16O6/c1-5-15-8(11)7(6(2)3)16-10(13)9(12)14-4/h6-7H,5H2,1-4H3. The average molecular weight is 232 g/mol. The third kappa shape index (κ3) is 4.29. The van der Waals surface area contributed by atoms with E-state index in [1.165, 1.54) is 0 Å². The molecule has 0 amide bonds. The Bertz CT molecular complexity index is 270. The fourth-order valence-corrected chi connectivity index (χ4v) is 0.928. The maximum atomic E-state index is 11.4. The number of hydrogen-bond donors (Lipinski definition) is 0. The van der Waals surface area contributed by atoms with Crippen LogP contribution in [-0.2, 0) is 28.6 Å². The van der Waals surface area contributed by atoms with Crippen molar-refractivity contribution >= 4 is 17.9 Å². The first-order valence-electron chi connectivity index (χ1n) is 4.89. The molecule has 0 bridgehead atoms. The molecule has 0 rings (SSSR count). The summed E-state index contributed by atoms with van der Waals surface area (Å²) in [6, 6.07) is 0. The molecule has 0 aliphatic rings. The Morgan fingerprint density at radius 1 is 1.12 bits per heavy atom. The molecule has 0 spiro atoms. The van der Waals surface area contributed by atoms with Crippen LogP contribution in [0.5, 0.6) is 0 Å². The monoisotopic (exact) mass is 232 g/mol. The molecule has 0 saturated carbocycles. The number of hydrogen-bond acceptors (Lipinski definition) is 6. The van der Waals surface area contributed by atoms with Gasteiger partial charge in [0.15, 0.2) is 0 Å². The molecule has 92 valence electrons. The van der Waals surface area contributed by atoms with Crippen LogP contribution in [-0.4, -0.2) is 37.7 Å². The molecule has 0 aliphatic heterocycles. The normalized spacial score (nSPS) is 11.8. The van der Waals surface area contributed by atoms with Crippen LogP contribution in [0.2, 0.25) is 0 Å². The van der Waals surface area contributed by atoms with E-state index in [9.17, 15) is 14.4 Å². The summed E-state index contributed by atoms with van der Waals surface area (Å²) in [4.78, 5) is 33.3. The Labute approximate surface area is 93.8 Å². The number of methoxy groups -OCH3 is 1. The second-order valence-corrected chi connectivity index (χ2v) is 3.31. The molecule has 6 heteroatoms. The molecule has 0 N–H and O–H groups in total. The second kappa shape index (κ2) is 6.81. The molecule has 0 fully saturated rings. The summed E-state index contributed by atoms with van der Waals surface area (Å²) in [7, 11) is 1.05. The van der Waals surface area contributed by atoms with Crippen LogP contribution < -0.4 is 0 Å². The number of rotatable bonds is 4. The average Bonchev–Trinajstić information content (AvgIpc) is 2.23. The predicted molar refractivity (Wildman–Crippen MR) is 53.4 cm³/mol. The van der Waals surface area contributed by atoms with Crippen molar-refractivity contribution < 1.29 is 28.6 Å². The van der Waals surface area contributed by atoms with Gasteiger partial charge < -0.3 is 14.2 Å². The van der Waals surface area contributed by atoms with E-state index in [1.54, 1.807) is 20.8 Å². The summed E-state index contributed by atoms with van der Waals surface area (Å²) in [6.07, 6.45) is -1.09. The number of esters is 3. The van der Waals surface area contributed by atoms with Crippen molar-refractivity contribution in [3.8, 4) is 0 Å². The van der Waals surface area contributed by atoms with Gasteiger partial charge in [-0.15, -0.1) is 0 Å². The van der Waals surface area contributed by atoms with Gasteiger partial charge in [0.05, 0.1) is 13.7 Å². The molecule has 0 aromatic heterocycles. The van der Waals surface area contributed by atoms with E-state index in [4.69, 9.17) is 9.47 Å².